The quantitative estimate of drug-likeness (QED) is 0.200. The third-order valence-corrected chi connectivity index (χ3v) is 10.9. The number of carbonyl (C=O) groups is 1. The summed E-state index contributed by atoms with van der Waals surface area (Å²) in [6.07, 6.45) is 25.3. The van der Waals surface area contributed by atoms with Crippen molar-refractivity contribution in [3.8, 4) is 0 Å². The first kappa shape index (κ1) is 29.5. The van der Waals surface area contributed by atoms with Gasteiger partial charge in [-0.3, -0.25) is 4.79 Å². The van der Waals surface area contributed by atoms with E-state index in [0.29, 0.717) is 35.9 Å². The fourth-order valence-electron chi connectivity index (χ4n) is 7.94. The molecule has 4 rings (SSSR count). The van der Waals surface area contributed by atoms with Crippen LogP contribution >= 0.6 is 0 Å². The summed E-state index contributed by atoms with van der Waals surface area (Å²) < 4.78 is 0. The van der Waals surface area contributed by atoms with Gasteiger partial charge >= 0.3 is 0 Å². The Morgan fingerprint density at radius 3 is 2.61 bits per heavy atom. The van der Waals surface area contributed by atoms with Crippen LogP contribution in [0.25, 0.3) is 0 Å². The van der Waals surface area contributed by atoms with Crippen molar-refractivity contribution in [2.45, 2.75) is 136 Å². The van der Waals surface area contributed by atoms with E-state index in [1.165, 1.54) is 57.8 Å². The number of hydrogen-bond donors (Lipinski definition) is 2. The van der Waals surface area contributed by atoms with Gasteiger partial charge in [0.25, 0.3) is 0 Å². The smallest absolute Gasteiger partial charge is 0.136 e. The summed E-state index contributed by atoms with van der Waals surface area (Å²) in [6.45, 7) is 11.2. The number of aliphatic hydroxyl groups is 2. The van der Waals surface area contributed by atoms with Crippen LogP contribution in [0.5, 0.6) is 0 Å². The van der Waals surface area contributed by atoms with E-state index in [-0.39, 0.29) is 11.3 Å². The molecule has 0 aromatic heterocycles. The zero-order valence-corrected chi connectivity index (χ0v) is 24.5. The lowest BCUT2D eigenvalue weighted by molar-refractivity contribution is -0.124. The highest BCUT2D eigenvalue weighted by Crippen LogP contribution is 2.58. The predicted octanol–water partition coefficient (Wildman–Crippen LogP) is 8.42. The molecule has 0 bridgehead atoms. The van der Waals surface area contributed by atoms with E-state index in [2.05, 4.69) is 51.7 Å². The number of allylic oxidation sites excluding steroid dienone is 5. The molecule has 6 unspecified atom stereocenters. The molecule has 0 radical (unpaired) electrons. The van der Waals surface area contributed by atoms with Crippen molar-refractivity contribution < 1.29 is 15.0 Å². The molecule has 38 heavy (non-hydrogen) atoms. The SMILES string of the molecule is C=C1/C(=C/C=C2/CCCC3(C)C(C/C=C/CC(C(=O)CCCCCC)C4(C)CC4)CCC23)CC(O)CC1O. The van der Waals surface area contributed by atoms with Gasteiger partial charge in [-0.05, 0) is 104 Å². The Balaban J connectivity index is 1.35. The van der Waals surface area contributed by atoms with Gasteiger partial charge in [-0.1, -0.05) is 76.5 Å². The number of Topliss-reactive ketones (excluding diaryl/α,β-unsaturated/α-hetero) is 1. The first-order valence-electron chi connectivity index (χ1n) is 15.8. The Morgan fingerprint density at radius 2 is 1.87 bits per heavy atom. The highest BCUT2D eigenvalue weighted by molar-refractivity contribution is 5.82. The molecule has 212 valence electrons. The van der Waals surface area contributed by atoms with Crippen LogP contribution in [-0.2, 0) is 4.79 Å². The molecular weight excluding hydrogens is 468 g/mol. The van der Waals surface area contributed by atoms with E-state index in [9.17, 15) is 15.0 Å². The lowest BCUT2D eigenvalue weighted by atomic mass is 9.63. The summed E-state index contributed by atoms with van der Waals surface area (Å²) in [5, 5.41) is 20.3. The largest absolute Gasteiger partial charge is 0.393 e. The van der Waals surface area contributed by atoms with Crippen LogP contribution < -0.4 is 0 Å². The van der Waals surface area contributed by atoms with Crippen molar-refractivity contribution in [2.75, 3.05) is 0 Å². The molecule has 0 spiro atoms. The van der Waals surface area contributed by atoms with Crippen LogP contribution in [0, 0.1) is 28.6 Å². The van der Waals surface area contributed by atoms with Gasteiger partial charge in [0.2, 0.25) is 0 Å². The molecule has 0 aliphatic heterocycles. The van der Waals surface area contributed by atoms with Gasteiger partial charge < -0.3 is 10.2 Å². The fourth-order valence-corrected chi connectivity index (χ4v) is 7.94. The summed E-state index contributed by atoms with van der Waals surface area (Å²) in [6, 6.07) is 0. The average Bonchev–Trinajstić information content (AvgIpc) is 3.53. The maximum atomic E-state index is 13.1. The van der Waals surface area contributed by atoms with Crippen molar-refractivity contribution in [1.82, 2.24) is 0 Å². The van der Waals surface area contributed by atoms with E-state index < -0.39 is 12.2 Å². The summed E-state index contributed by atoms with van der Waals surface area (Å²) in [4.78, 5) is 13.1. The van der Waals surface area contributed by atoms with Crippen molar-refractivity contribution >= 4 is 5.78 Å². The molecule has 3 heteroatoms. The zero-order chi connectivity index (χ0) is 27.3. The van der Waals surface area contributed by atoms with Gasteiger partial charge in [0, 0.05) is 18.8 Å². The third-order valence-electron chi connectivity index (χ3n) is 10.9. The number of unbranched alkanes of at least 4 members (excludes halogenated alkanes) is 3. The minimum absolute atomic E-state index is 0.219. The van der Waals surface area contributed by atoms with Crippen molar-refractivity contribution in [3.63, 3.8) is 0 Å². The third kappa shape index (κ3) is 6.81. The molecule has 4 saturated carbocycles. The summed E-state index contributed by atoms with van der Waals surface area (Å²) in [5.41, 5.74) is 3.93. The predicted molar refractivity (Wildman–Crippen MR) is 158 cm³/mol. The second kappa shape index (κ2) is 12.8. The lowest BCUT2D eigenvalue weighted by Gasteiger charge is -2.42. The summed E-state index contributed by atoms with van der Waals surface area (Å²) >= 11 is 0. The molecule has 4 aliphatic rings. The first-order chi connectivity index (χ1) is 18.2. The number of hydrogen-bond acceptors (Lipinski definition) is 3. The second-order valence-electron chi connectivity index (χ2n) is 13.7. The average molecular weight is 523 g/mol. The Kier molecular flexibility index (Phi) is 9.96. The van der Waals surface area contributed by atoms with Gasteiger partial charge in [0.1, 0.15) is 5.78 Å². The van der Waals surface area contributed by atoms with Gasteiger partial charge in [0.05, 0.1) is 12.2 Å². The molecule has 0 aromatic carbocycles. The van der Waals surface area contributed by atoms with E-state index in [1.807, 2.05) is 0 Å². The van der Waals surface area contributed by atoms with Crippen LogP contribution in [0.3, 0.4) is 0 Å². The molecule has 0 heterocycles. The van der Waals surface area contributed by atoms with Crippen LogP contribution in [0.1, 0.15) is 124 Å². The molecule has 0 saturated heterocycles. The Morgan fingerprint density at radius 1 is 1.08 bits per heavy atom. The fraction of sp³-hybridized carbons (Fsp3) is 0.743. The maximum absolute atomic E-state index is 13.1. The lowest BCUT2D eigenvalue weighted by Crippen LogP contribution is -2.33. The van der Waals surface area contributed by atoms with E-state index in [0.717, 1.165) is 43.3 Å². The zero-order valence-electron chi connectivity index (χ0n) is 24.5. The minimum atomic E-state index is -0.624. The highest BCUT2D eigenvalue weighted by atomic mass is 16.3. The molecule has 2 N–H and O–H groups in total. The summed E-state index contributed by atoms with van der Waals surface area (Å²) in [7, 11) is 0. The number of ketones is 1. The Bertz CT molecular complexity index is 935. The number of carbonyl (C=O) groups excluding carboxylic acids is 1. The van der Waals surface area contributed by atoms with Gasteiger partial charge in [-0.15, -0.1) is 0 Å². The van der Waals surface area contributed by atoms with E-state index in [4.69, 9.17) is 0 Å². The molecular formula is C35H54O3. The standard InChI is InChI=1S/C35H54O3/c1-5-6-7-8-15-32(37)31(34(3)21-22-34)14-10-9-13-28-18-19-30-26(12-11-20-35(28,30)4)16-17-27-23-29(36)24-33(38)25(27)2/h9-10,16-17,28-31,33,36,38H,2,5-8,11-15,18-24H2,1,3-4H3/b10-9+,26-16-,27-17+. The van der Waals surface area contributed by atoms with Gasteiger partial charge in [0.15, 0.2) is 0 Å². The second-order valence-corrected chi connectivity index (χ2v) is 13.7. The number of fused-ring (bicyclic) bond motifs is 1. The molecule has 4 aliphatic carbocycles. The van der Waals surface area contributed by atoms with E-state index in [1.54, 1.807) is 5.57 Å². The highest BCUT2D eigenvalue weighted by Gasteiger charge is 2.49. The molecule has 6 atom stereocenters. The minimum Gasteiger partial charge on any atom is -0.393 e. The Hall–Kier alpha value is -1.45. The van der Waals surface area contributed by atoms with Crippen LogP contribution in [0.2, 0.25) is 0 Å². The van der Waals surface area contributed by atoms with Crippen LogP contribution in [0.4, 0.5) is 0 Å². The topological polar surface area (TPSA) is 57.5 Å². The number of aliphatic hydroxyl groups excluding tert-OH is 2. The van der Waals surface area contributed by atoms with Gasteiger partial charge in [-0.25, -0.2) is 0 Å². The molecule has 3 nitrogen and oxygen atoms in total. The molecule has 0 aromatic rings. The Labute approximate surface area is 232 Å². The molecule has 4 fully saturated rings. The normalized spacial score (nSPS) is 35.7. The summed E-state index contributed by atoms with van der Waals surface area (Å²) in [5.74, 6) is 2.06. The van der Waals surface area contributed by atoms with Crippen LogP contribution in [-0.4, -0.2) is 28.2 Å². The van der Waals surface area contributed by atoms with Gasteiger partial charge in [-0.2, -0.15) is 0 Å². The van der Waals surface area contributed by atoms with E-state index >= 15 is 0 Å². The van der Waals surface area contributed by atoms with Crippen molar-refractivity contribution in [2.24, 2.45) is 28.6 Å². The monoisotopic (exact) mass is 522 g/mol. The first-order valence-corrected chi connectivity index (χ1v) is 15.8. The molecule has 0 amide bonds. The van der Waals surface area contributed by atoms with Crippen molar-refractivity contribution in [3.05, 3.63) is 47.6 Å². The van der Waals surface area contributed by atoms with Crippen LogP contribution in [0.15, 0.2) is 47.6 Å². The maximum Gasteiger partial charge on any atom is 0.136 e. The van der Waals surface area contributed by atoms with Crippen molar-refractivity contribution in [1.29, 1.82) is 0 Å². The number of rotatable bonds is 12.